The zero-order valence-corrected chi connectivity index (χ0v) is 12.7. The minimum Gasteiger partial charge on any atom is -0.272 e. The second-order valence-electron chi connectivity index (χ2n) is 4.40. The standard InChI is InChI=1S/C13H18BrN5/c1-3-9-7-10(19(2)18-9)8-12(17-15)13-11(14)5-4-6-16-13/h4-7,12,17H,3,8,15H2,1-2H3. The molecule has 0 fully saturated rings. The molecule has 0 amide bonds. The highest BCUT2D eigenvalue weighted by Gasteiger charge is 2.17. The predicted molar refractivity (Wildman–Crippen MR) is 78.3 cm³/mol. The summed E-state index contributed by atoms with van der Waals surface area (Å²) in [6, 6.07) is 5.92. The summed E-state index contributed by atoms with van der Waals surface area (Å²) in [7, 11) is 1.95. The normalized spacial score (nSPS) is 12.6. The van der Waals surface area contributed by atoms with Crippen LogP contribution >= 0.6 is 15.9 Å². The molecule has 0 bridgehead atoms. The molecule has 5 nitrogen and oxygen atoms in total. The van der Waals surface area contributed by atoms with E-state index in [1.807, 2.05) is 23.9 Å². The summed E-state index contributed by atoms with van der Waals surface area (Å²) in [6.45, 7) is 2.10. The predicted octanol–water partition coefficient (Wildman–Crippen LogP) is 1.89. The summed E-state index contributed by atoms with van der Waals surface area (Å²) < 4.78 is 2.86. The Morgan fingerprint density at radius 3 is 2.89 bits per heavy atom. The number of hydrazine groups is 1. The summed E-state index contributed by atoms with van der Waals surface area (Å²) in [4.78, 5) is 4.38. The van der Waals surface area contributed by atoms with Crippen LogP contribution in [0.15, 0.2) is 28.9 Å². The highest BCUT2D eigenvalue weighted by molar-refractivity contribution is 9.10. The number of nitrogens with two attached hydrogens (primary N) is 1. The number of hydrogen-bond donors (Lipinski definition) is 2. The molecule has 2 heterocycles. The van der Waals surface area contributed by atoms with Crippen molar-refractivity contribution in [1.29, 1.82) is 0 Å². The Morgan fingerprint density at radius 2 is 2.32 bits per heavy atom. The first-order chi connectivity index (χ1) is 9.15. The van der Waals surface area contributed by atoms with Crippen LogP contribution in [0.25, 0.3) is 0 Å². The van der Waals surface area contributed by atoms with Crippen LogP contribution in [0.2, 0.25) is 0 Å². The fourth-order valence-electron chi connectivity index (χ4n) is 2.03. The first kappa shape index (κ1) is 14.2. The van der Waals surface area contributed by atoms with Crippen molar-refractivity contribution in [3.05, 3.63) is 46.0 Å². The average Bonchev–Trinajstić information content (AvgIpc) is 2.77. The second-order valence-corrected chi connectivity index (χ2v) is 5.25. The van der Waals surface area contributed by atoms with Gasteiger partial charge in [0.05, 0.1) is 17.4 Å². The van der Waals surface area contributed by atoms with Gasteiger partial charge in [-0.2, -0.15) is 5.10 Å². The van der Waals surface area contributed by atoms with Crippen LogP contribution in [0.3, 0.4) is 0 Å². The minimum absolute atomic E-state index is 0.0457. The molecule has 1 atom stereocenters. The lowest BCUT2D eigenvalue weighted by atomic mass is 10.1. The Morgan fingerprint density at radius 1 is 1.53 bits per heavy atom. The molecule has 0 aromatic carbocycles. The molecular formula is C13H18BrN5. The first-order valence-corrected chi connectivity index (χ1v) is 7.03. The third-order valence-corrected chi connectivity index (χ3v) is 3.79. The number of nitrogens with one attached hydrogen (secondary N) is 1. The Hall–Kier alpha value is -1.24. The summed E-state index contributed by atoms with van der Waals surface area (Å²) in [6.07, 6.45) is 3.45. The van der Waals surface area contributed by atoms with Gasteiger partial charge < -0.3 is 0 Å². The first-order valence-electron chi connectivity index (χ1n) is 6.24. The van der Waals surface area contributed by atoms with Crippen molar-refractivity contribution in [3.8, 4) is 0 Å². The molecule has 19 heavy (non-hydrogen) atoms. The number of rotatable bonds is 5. The Bertz CT molecular complexity index is 552. The van der Waals surface area contributed by atoms with Gasteiger partial charge in [-0.25, -0.2) is 0 Å². The molecule has 3 N–H and O–H groups in total. The Balaban J connectivity index is 2.24. The summed E-state index contributed by atoms with van der Waals surface area (Å²) in [5.74, 6) is 5.67. The molecule has 0 saturated carbocycles. The minimum atomic E-state index is -0.0457. The lowest BCUT2D eigenvalue weighted by molar-refractivity contribution is 0.516. The van der Waals surface area contributed by atoms with Gasteiger partial charge in [0.1, 0.15) is 0 Å². The fourth-order valence-corrected chi connectivity index (χ4v) is 2.56. The van der Waals surface area contributed by atoms with Crippen LogP contribution < -0.4 is 11.3 Å². The van der Waals surface area contributed by atoms with Crippen LogP contribution in [-0.2, 0) is 19.9 Å². The SMILES string of the molecule is CCc1cc(CC(NN)c2ncccc2Br)n(C)n1. The number of pyridine rings is 1. The molecule has 1 unspecified atom stereocenters. The van der Waals surface area contributed by atoms with E-state index in [-0.39, 0.29) is 6.04 Å². The quantitative estimate of drug-likeness (QED) is 0.651. The maximum atomic E-state index is 5.67. The van der Waals surface area contributed by atoms with Gasteiger partial charge in [-0.1, -0.05) is 6.92 Å². The Labute approximate surface area is 121 Å². The van der Waals surface area contributed by atoms with Gasteiger partial charge in [0.2, 0.25) is 0 Å². The van der Waals surface area contributed by atoms with Crippen LogP contribution in [0.1, 0.15) is 30.0 Å². The van der Waals surface area contributed by atoms with Crippen molar-refractivity contribution < 1.29 is 0 Å². The number of aryl methyl sites for hydroxylation is 2. The van der Waals surface area contributed by atoms with Crippen molar-refractivity contribution in [2.75, 3.05) is 0 Å². The Kier molecular flexibility index (Phi) is 4.68. The average molecular weight is 324 g/mol. The topological polar surface area (TPSA) is 68.8 Å². The van der Waals surface area contributed by atoms with Gasteiger partial charge in [0.25, 0.3) is 0 Å². The van der Waals surface area contributed by atoms with Crippen LogP contribution in [-0.4, -0.2) is 14.8 Å². The van der Waals surface area contributed by atoms with Gasteiger partial charge in [-0.05, 0) is 40.5 Å². The van der Waals surface area contributed by atoms with E-state index in [1.54, 1.807) is 6.20 Å². The van der Waals surface area contributed by atoms with Crippen molar-refractivity contribution in [1.82, 2.24) is 20.2 Å². The van der Waals surface area contributed by atoms with Gasteiger partial charge in [-0.15, -0.1) is 0 Å². The van der Waals surface area contributed by atoms with E-state index in [4.69, 9.17) is 5.84 Å². The molecule has 0 aliphatic carbocycles. The maximum Gasteiger partial charge on any atom is 0.0732 e. The third-order valence-electron chi connectivity index (χ3n) is 3.12. The van der Waals surface area contributed by atoms with Gasteiger partial charge in [-0.3, -0.25) is 20.9 Å². The summed E-state index contributed by atoms with van der Waals surface area (Å²) in [5, 5.41) is 4.45. The van der Waals surface area contributed by atoms with Gasteiger partial charge >= 0.3 is 0 Å². The number of aromatic nitrogens is 3. The molecule has 0 radical (unpaired) electrons. The molecule has 2 aromatic heterocycles. The van der Waals surface area contributed by atoms with Crippen molar-refractivity contribution in [2.24, 2.45) is 12.9 Å². The van der Waals surface area contributed by atoms with E-state index < -0.39 is 0 Å². The highest BCUT2D eigenvalue weighted by atomic mass is 79.9. The lowest BCUT2D eigenvalue weighted by Crippen LogP contribution is -2.31. The monoisotopic (exact) mass is 323 g/mol. The van der Waals surface area contributed by atoms with Crippen molar-refractivity contribution in [2.45, 2.75) is 25.8 Å². The third kappa shape index (κ3) is 3.20. The molecule has 0 saturated heterocycles. The molecule has 0 spiro atoms. The van der Waals surface area contributed by atoms with E-state index in [9.17, 15) is 0 Å². The summed E-state index contributed by atoms with van der Waals surface area (Å²) >= 11 is 3.51. The molecular weight excluding hydrogens is 306 g/mol. The van der Waals surface area contributed by atoms with Gasteiger partial charge in [0, 0.05) is 29.8 Å². The van der Waals surface area contributed by atoms with Crippen LogP contribution in [0.4, 0.5) is 0 Å². The number of hydrogen-bond acceptors (Lipinski definition) is 4. The molecule has 6 heteroatoms. The fraction of sp³-hybridized carbons (Fsp3) is 0.385. The molecule has 0 aliphatic heterocycles. The van der Waals surface area contributed by atoms with E-state index >= 15 is 0 Å². The largest absolute Gasteiger partial charge is 0.272 e. The zero-order valence-electron chi connectivity index (χ0n) is 11.1. The maximum absolute atomic E-state index is 5.67. The molecule has 102 valence electrons. The van der Waals surface area contributed by atoms with E-state index in [0.717, 1.165) is 34.4 Å². The molecule has 2 rings (SSSR count). The zero-order chi connectivity index (χ0) is 13.8. The van der Waals surface area contributed by atoms with Crippen LogP contribution in [0.5, 0.6) is 0 Å². The van der Waals surface area contributed by atoms with E-state index in [1.165, 1.54) is 0 Å². The van der Waals surface area contributed by atoms with Crippen LogP contribution in [0, 0.1) is 0 Å². The van der Waals surface area contributed by atoms with E-state index in [0.29, 0.717) is 0 Å². The summed E-state index contributed by atoms with van der Waals surface area (Å²) in [5.41, 5.74) is 5.96. The molecule has 2 aromatic rings. The number of halogens is 1. The van der Waals surface area contributed by atoms with E-state index in [2.05, 4.69) is 44.4 Å². The number of nitrogens with zero attached hydrogens (tertiary/aromatic N) is 3. The highest BCUT2D eigenvalue weighted by Crippen LogP contribution is 2.23. The van der Waals surface area contributed by atoms with Gasteiger partial charge in [0.15, 0.2) is 0 Å². The van der Waals surface area contributed by atoms with Crippen molar-refractivity contribution >= 4 is 15.9 Å². The molecule has 0 aliphatic rings. The smallest absolute Gasteiger partial charge is 0.0732 e. The van der Waals surface area contributed by atoms with Crippen molar-refractivity contribution in [3.63, 3.8) is 0 Å². The second kappa shape index (κ2) is 6.27. The lowest BCUT2D eigenvalue weighted by Gasteiger charge is -2.16.